The standard InChI is InChI=1S/C24H30O3/c1-3-23-8-6-16-15-5-4-14(25)10-17(15)18-11-19(18)21(16)22(23)13(2)12-24(23)9-7-20(26)27-24/h7,9-10,13,15-16,18-19,21-22H,3-6,8,11-12H2,1-2H3/t13?,15-,16?,18?,19?,21?,22?,23?,24+/m1/s1. The lowest BCUT2D eigenvalue weighted by Crippen LogP contribution is -2.54. The second kappa shape index (κ2) is 5.15. The zero-order chi connectivity index (χ0) is 18.6. The summed E-state index contributed by atoms with van der Waals surface area (Å²) < 4.78 is 6.09. The molecule has 1 aliphatic heterocycles. The largest absolute Gasteiger partial charge is 0.451 e. The van der Waals surface area contributed by atoms with Crippen LogP contribution in [0.5, 0.6) is 0 Å². The quantitative estimate of drug-likeness (QED) is 0.643. The van der Waals surface area contributed by atoms with Gasteiger partial charge >= 0.3 is 5.97 Å². The summed E-state index contributed by atoms with van der Waals surface area (Å²) in [6.07, 6.45) is 13.5. The van der Waals surface area contributed by atoms with Gasteiger partial charge in [0.15, 0.2) is 5.78 Å². The van der Waals surface area contributed by atoms with Gasteiger partial charge < -0.3 is 4.74 Å². The van der Waals surface area contributed by atoms with Crippen molar-refractivity contribution in [1.82, 2.24) is 0 Å². The first kappa shape index (κ1) is 16.6. The molecular weight excluding hydrogens is 336 g/mol. The molecule has 0 N–H and O–H groups in total. The van der Waals surface area contributed by atoms with E-state index in [0.717, 1.165) is 43.4 Å². The molecule has 4 fully saturated rings. The second-order valence-corrected chi connectivity index (χ2v) is 10.4. The molecule has 0 aromatic carbocycles. The summed E-state index contributed by atoms with van der Waals surface area (Å²) in [5, 5.41) is 0. The van der Waals surface area contributed by atoms with E-state index in [1.54, 1.807) is 6.08 Å². The minimum absolute atomic E-state index is 0.120. The van der Waals surface area contributed by atoms with Crippen molar-refractivity contribution < 1.29 is 14.3 Å². The fourth-order valence-electron chi connectivity index (χ4n) is 8.93. The molecule has 144 valence electrons. The number of ketones is 1. The minimum Gasteiger partial charge on any atom is -0.451 e. The average Bonchev–Trinajstić information content (AvgIpc) is 3.32. The van der Waals surface area contributed by atoms with Crippen LogP contribution in [0.3, 0.4) is 0 Å². The van der Waals surface area contributed by atoms with Gasteiger partial charge in [0.25, 0.3) is 0 Å². The van der Waals surface area contributed by atoms with Crippen LogP contribution < -0.4 is 0 Å². The summed E-state index contributed by atoms with van der Waals surface area (Å²) in [5.74, 6) is 5.10. The van der Waals surface area contributed by atoms with Crippen LogP contribution in [-0.4, -0.2) is 17.4 Å². The van der Waals surface area contributed by atoms with Crippen LogP contribution in [0.1, 0.15) is 58.8 Å². The van der Waals surface area contributed by atoms with Gasteiger partial charge in [-0.25, -0.2) is 4.79 Å². The number of rotatable bonds is 1. The van der Waals surface area contributed by atoms with Crippen molar-refractivity contribution >= 4 is 11.8 Å². The Balaban J connectivity index is 1.43. The minimum atomic E-state index is -0.350. The van der Waals surface area contributed by atoms with Gasteiger partial charge in [-0.1, -0.05) is 19.4 Å². The third-order valence-electron chi connectivity index (χ3n) is 9.69. The summed E-state index contributed by atoms with van der Waals surface area (Å²) in [6.45, 7) is 4.74. The van der Waals surface area contributed by atoms with Crippen LogP contribution in [0.15, 0.2) is 23.8 Å². The van der Waals surface area contributed by atoms with E-state index in [1.807, 2.05) is 6.08 Å². The Kier molecular flexibility index (Phi) is 3.16. The molecule has 4 saturated carbocycles. The topological polar surface area (TPSA) is 43.4 Å². The molecule has 0 amide bonds. The van der Waals surface area contributed by atoms with Gasteiger partial charge in [0, 0.05) is 17.9 Å². The van der Waals surface area contributed by atoms with Crippen LogP contribution >= 0.6 is 0 Å². The maximum Gasteiger partial charge on any atom is 0.331 e. The fraction of sp³-hybridized carbons (Fsp3) is 0.750. The van der Waals surface area contributed by atoms with Gasteiger partial charge in [-0.2, -0.15) is 0 Å². The van der Waals surface area contributed by atoms with E-state index in [1.165, 1.54) is 24.8 Å². The van der Waals surface area contributed by atoms with E-state index in [4.69, 9.17) is 4.74 Å². The molecule has 0 radical (unpaired) electrons. The number of hydrogen-bond donors (Lipinski definition) is 0. The van der Waals surface area contributed by atoms with Gasteiger partial charge in [0.2, 0.25) is 0 Å². The molecule has 3 heteroatoms. The van der Waals surface area contributed by atoms with Gasteiger partial charge in [0.1, 0.15) is 5.60 Å². The summed E-state index contributed by atoms with van der Waals surface area (Å²) in [7, 11) is 0. The number of allylic oxidation sites excluding steroid dienone is 1. The molecule has 0 aromatic rings. The van der Waals surface area contributed by atoms with Crippen LogP contribution in [-0.2, 0) is 14.3 Å². The maximum absolute atomic E-state index is 12.1. The molecule has 7 unspecified atom stereocenters. The highest BCUT2D eigenvalue weighted by molar-refractivity contribution is 5.91. The Hall–Kier alpha value is -1.38. The van der Waals surface area contributed by atoms with Crippen molar-refractivity contribution in [2.45, 2.75) is 64.4 Å². The summed E-state index contributed by atoms with van der Waals surface area (Å²) in [5.41, 5.74) is 1.29. The van der Waals surface area contributed by atoms with E-state index >= 15 is 0 Å². The Morgan fingerprint density at radius 3 is 2.78 bits per heavy atom. The molecule has 3 nitrogen and oxygen atoms in total. The van der Waals surface area contributed by atoms with Crippen molar-refractivity contribution in [3.8, 4) is 0 Å². The van der Waals surface area contributed by atoms with Crippen LogP contribution in [0.2, 0.25) is 0 Å². The summed E-state index contributed by atoms with van der Waals surface area (Å²) in [4.78, 5) is 24.1. The SMILES string of the molecule is CCC12CCC3C(C4CC4C4=CC(=O)CC[C@@H]43)C1C(C)C[C@@]21C=CC(=O)O1. The monoisotopic (exact) mass is 366 g/mol. The molecule has 0 aromatic heterocycles. The van der Waals surface area contributed by atoms with E-state index in [9.17, 15) is 9.59 Å². The molecule has 0 bridgehead atoms. The number of fused-ring (bicyclic) bond motifs is 9. The van der Waals surface area contributed by atoms with E-state index < -0.39 is 0 Å². The smallest absolute Gasteiger partial charge is 0.331 e. The zero-order valence-corrected chi connectivity index (χ0v) is 16.4. The molecule has 5 aliphatic carbocycles. The lowest BCUT2D eigenvalue weighted by Gasteiger charge is -2.57. The predicted molar refractivity (Wildman–Crippen MR) is 102 cm³/mol. The Bertz CT molecular complexity index is 793. The van der Waals surface area contributed by atoms with Crippen molar-refractivity contribution in [3.63, 3.8) is 0 Å². The highest BCUT2D eigenvalue weighted by Crippen LogP contribution is 2.74. The number of carbonyl (C=O) groups excluding carboxylic acids is 2. The van der Waals surface area contributed by atoms with Crippen molar-refractivity contribution in [3.05, 3.63) is 23.8 Å². The molecule has 9 atom stereocenters. The first-order valence-electron chi connectivity index (χ1n) is 11.2. The first-order chi connectivity index (χ1) is 13.0. The molecule has 6 rings (SSSR count). The number of carbonyl (C=O) groups is 2. The highest BCUT2D eigenvalue weighted by atomic mass is 16.6. The normalized spacial score (nSPS) is 54.7. The summed E-state index contributed by atoms with van der Waals surface area (Å²) >= 11 is 0. The third-order valence-corrected chi connectivity index (χ3v) is 9.69. The van der Waals surface area contributed by atoms with Crippen LogP contribution in [0, 0.1) is 46.8 Å². The third kappa shape index (κ3) is 1.89. The Morgan fingerprint density at radius 2 is 2.04 bits per heavy atom. The second-order valence-electron chi connectivity index (χ2n) is 10.4. The first-order valence-corrected chi connectivity index (χ1v) is 11.2. The summed E-state index contributed by atoms with van der Waals surface area (Å²) in [6, 6.07) is 0. The average molecular weight is 367 g/mol. The van der Waals surface area contributed by atoms with Gasteiger partial charge in [0.05, 0.1) is 0 Å². The van der Waals surface area contributed by atoms with E-state index in [-0.39, 0.29) is 17.0 Å². The highest BCUT2D eigenvalue weighted by Gasteiger charge is 2.72. The molecule has 27 heavy (non-hydrogen) atoms. The zero-order valence-electron chi connectivity index (χ0n) is 16.4. The number of hydrogen-bond acceptors (Lipinski definition) is 3. The predicted octanol–water partition coefficient (Wildman–Crippen LogP) is 4.47. The van der Waals surface area contributed by atoms with E-state index in [2.05, 4.69) is 19.9 Å². The molecule has 6 aliphatic rings. The Morgan fingerprint density at radius 1 is 1.19 bits per heavy atom. The maximum atomic E-state index is 12.1. The number of ether oxygens (including phenoxy) is 1. The van der Waals surface area contributed by atoms with Gasteiger partial charge in [-0.15, -0.1) is 0 Å². The van der Waals surface area contributed by atoms with Crippen LogP contribution in [0.25, 0.3) is 0 Å². The fourth-order valence-corrected chi connectivity index (χ4v) is 8.93. The number of esters is 1. The van der Waals surface area contributed by atoms with E-state index in [0.29, 0.717) is 29.5 Å². The molecular formula is C24H30O3. The van der Waals surface area contributed by atoms with Gasteiger partial charge in [-0.3, -0.25) is 4.79 Å². The molecule has 1 spiro atoms. The van der Waals surface area contributed by atoms with Crippen molar-refractivity contribution in [2.75, 3.05) is 0 Å². The van der Waals surface area contributed by atoms with Crippen LogP contribution in [0.4, 0.5) is 0 Å². The Labute approximate surface area is 161 Å². The molecule has 1 heterocycles. The lowest BCUT2D eigenvalue weighted by molar-refractivity contribution is -0.165. The lowest BCUT2D eigenvalue weighted by atomic mass is 9.48. The van der Waals surface area contributed by atoms with Crippen molar-refractivity contribution in [1.29, 1.82) is 0 Å². The van der Waals surface area contributed by atoms with Gasteiger partial charge in [-0.05, 0) is 92.1 Å². The molecule has 0 saturated heterocycles. The van der Waals surface area contributed by atoms with Crippen molar-refractivity contribution in [2.24, 2.45) is 46.8 Å².